The fraction of sp³-hybridized carbons (Fsp3) is 0.750. The van der Waals surface area contributed by atoms with Gasteiger partial charge in [-0.05, 0) is 20.5 Å². The van der Waals surface area contributed by atoms with Gasteiger partial charge in [0.15, 0.2) is 11.6 Å². The van der Waals surface area contributed by atoms with Crippen molar-refractivity contribution in [2.75, 3.05) is 57.2 Å². The minimum atomic E-state index is -0.387. The van der Waals surface area contributed by atoms with Gasteiger partial charge in [0.05, 0.1) is 37.6 Å². The number of anilines is 2. The zero-order valence-corrected chi connectivity index (χ0v) is 14.1. The molecule has 3 aliphatic rings. The Kier molecular flexibility index (Phi) is 4.28. The molecule has 0 bridgehead atoms. The first-order valence-corrected chi connectivity index (χ1v) is 8.55. The number of morpholine rings is 1. The molecule has 1 aliphatic carbocycles. The Hall–Kier alpha value is -1.51. The molecule has 132 valence electrons. The van der Waals surface area contributed by atoms with Gasteiger partial charge >= 0.3 is 0 Å². The van der Waals surface area contributed by atoms with Crippen LogP contribution >= 0.6 is 0 Å². The van der Waals surface area contributed by atoms with Crippen molar-refractivity contribution in [1.82, 2.24) is 14.9 Å². The van der Waals surface area contributed by atoms with Crippen LogP contribution < -0.4 is 10.2 Å². The van der Waals surface area contributed by atoms with Gasteiger partial charge in [-0.25, -0.2) is 9.37 Å². The lowest BCUT2D eigenvalue weighted by molar-refractivity contribution is -0.0517. The van der Waals surface area contributed by atoms with Crippen LogP contribution in [-0.2, 0) is 9.47 Å². The first-order chi connectivity index (χ1) is 11.6. The normalized spacial score (nSPS) is 32.6. The minimum Gasteiger partial charge on any atom is -0.378 e. The van der Waals surface area contributed by atoms with E-state index in [0.717, 1.165) is 13.0 Å². The molecule has 1 N–H and O–H groups in total. The van der Waals surface area contributed by atoms with Crippen molar-refractivity contribution < 1.29 is 13.9 Å². The van der Waals surface area contributed by atoms with Crippen molar-refractivity contribution >= 4 is 11.8 Å². The number of hydrogen-bond donors (Lipinski definition) is 1. The van der Waals surface area contributed by atoms with E-state index >= 15 is 0 Å². The van der Waals surface area contributed by atoms with Crippen LogP contribution in [0.3, 0.4) is 0 Å². The second-order valence-corrected chi connectivity index (χ2v) is 6.88. The van der Waals surface area contributed by atoms with E-state index < -0.39 is 0 Å². The summed E-state index contributed by atoms with van der Waals surface area (Å²) in [6.45, 7) is 3.30. The van der Waals surface area contributed by atoms with Crippen LogP contribution in [0, 0.1) is 11.7 Å². The molecule has 1 saturated carbocycles. The monoisotopic (exact) mass is 337 g/mol. The zero-order valence-electron chi connectivity index (χ0n) is 14.1. The molecule has 2 aliphatic heterocycles. The second kappa shape index (κ2) is 6.42. The fourth-order valence-electron chi connectivity index (χ4n) is 4.06. The van der Waals surface area contributed by atoms with Crippen LogP contribution in [0.1, 0.15) is 6.42 Å². The Morgan fingerprint density at radius 3 is 2.83 bits per heavy atom. The number of fused-ring (bicyclic) bond motifs is 1. The smallest absolute Gasteiger partial charge is 0.225 e. The quantitative estimate of drug-likeness (QED) is 0.862. The first kappa shape index (κ1) is 16.0. The molecule has 3 heterocycles. The summed E-state index contributed by atoms with van der Waals surface area (Å²) in [6.07, 6.45) is 2.58. The van der Waals surface area contributed by atoms with Gasteiger partial charge < -0.3 is 24.6 Å². The van der Waals surface area contributed by atoms with E-state index in [1.54, 1.807) is 0 Å². The van der Waals surface area contributed by atoms with Gasteiger partial charge in [-0.1, -0.05) is 0 Å². The Morgan fingerprint density at radius 1 is 1.29 bits per heavy atom. The largest absolute Gasteiger partial charge is 0.378 e. The molecule has 0 unspecified atom stereocenters. The molecule has 4 atom stereocenters. The van der Waals surface area contributed by atoms with Gasteiger partial charge in [0.2, 0.25) is 5.95 Å². The lowest BCUT2D eigenvalue weighted by atomic mass is 9.71. The summed E-state index contributed by atoms with van der Waals surface area (Å²) in [5.74, 6) is 0.927. The Morgan fingerprint density at radius 2 is 2.08 bits per heavy atom. The highest BCUT2D eigenvalue weighted by Gasteiger charge is 2.55. The molecule has 2 saturated heterocycles. The highest BCUT2D eigenvalue weighted by atomic mass is 19.1. The molecule has 7 nitrogen and oxygen atoms in total. The molecule has 8 heteroatoms. The van der Waals surface area contributed by atoms with Crippen LogP contribution in [0.25, 0.3) is 0 Å². The van der Waals surface area contributed by atoms with E-state index in [9.17, 15) is 4.39 Å². The van der Waals surface area contributed by atoms with Crippen molar-refractivity contribution in [3.05, 3.63) is 12.0 Å². The van der Waals surface area contributed by atoms with Gasteiger partial charge in [0, 0.05) is 25.6 Å². The summed E-state index contributed by atoms with van der Waals surface area (Å²) in [5, 5.41) is 3.42. The van der Waals surface area contributed by atoms with E-state index in [0.29, 0.717) is 44.0 Å². The molecule has 0 aromatic carbocycles. The molecule has 0 radical (unpaired) electrons. The Labute approximate surface area is 141 Å². The lowest BCUT2D eigenvalue weighted by Crippen LogP contribution is -2.66. The topological polar surface area (TPSA) is 62.8 Å². The number of rotatable bonds is 4. The van der Waals surface area contributed by atoms with Crippen LogP contribution in [0.4, 0.5) is 16.2 Å². The van der Waals surface area contributed by atoms with Gasteiger partial charge in [0.25, 0.3) is 0 Å². The second-order valence-electron chi connectivity index (χ2n) is 6.88. The molecule has 1 aromatic heterocycles. The maximum absolute atomic E-state index is 14.1. The number of halogens is 1. The molecule has 0 spiro atoms. The third kappa shape index (κ3) is 2.72. The number of nitrogens with one attached hydrogen (secondary N) is 1. The maximum atomic E-state index is 14.1. The lowest BCUT2D eigenvalue weighted by Gasteiger charge is -2.50. The summed E-state index contributed by atoms with van der Waals surface area (Å²) >= 11 is 0. The molecule has 0 amide bonds. The van der Waals surface area contributed by atoms with Gasteiger partial charge in [-0.2, -0.15) is 4.98 Å². The Balaban J connectivity index is 1.52. The van der Waals surface area contributed by atoms with Crippen molar-refractivity contribution in [3.8, 4) is 0 Å². The van der Waals surface area contributed by atoms with E-state index in [4.69, 9.17) is 9.47 Å². The average molecular weight is 337 g/mol. The molecule has 4 rings (SSSR count). The van der Waals surface area contributed by atoms with Crippen molar-refractivity contribution in [1.29, 1.82) is 0 Å². The summed E-state index contributed by atoms with van der Waals surface area (Å²) in [5.41, 5.74) is 0. The van der Waals surface area contributed by atoms with E-state index in [2.05, 4.69) is 34.3 Å². The molecule has 3 fully saturated rings. The third-order valence-electron chi connectivity index (χ3n) is 5.28. The van der Waals surface area contributed by atoms with E-state index in [1.165, 1.54) is 6.20 Å². The van der Waals surface area contributed by atoms with Crippen molar-refractivity contribution in [2.45, 2.75) is 24.6 Å². The van der Waals surface area contributed by atoms with Gasteiger partial charge in [-0.15, -0.1) is 0 Å². The van der Waals surface area contributed by atoms with Crippen molar-refractivity contribution in [3.63, 3.8) is 0 Å². The minimum absolute atomic E-state index is 0.232. The number of ether oxygens (including phenoxy) is 2. The van der Waals surface area contributed by atoms with Crippen molar-refractivity contribution in [2.24, 2.45) is 5.92 Å². The van der Waals surface area contributed by atoms with E-state index in [-0.39, 0.29) is 24.0 Å². The molecule has 1 aromatic rings. The predicted octanol–water partition coefficient (Wildman–Crippen LogP) is 0.582. The highest BCUT2D eigenvalue weighted by Crippen LogP contribution is 2.42. The number of likely N-dealkylation sites (N-methyl/N-ethyl adjacent to an activating group) is 1. The summed E-state index contributed by atoms with van der Waals surface area (Å²) in [7, 11) is 4.11. The molecular weight excluding hydrogens is 313 g/mol. The van der Waals surface area contributed by atoms with Crippen LogP contribution in [0.5, 0.6) is 0 Å². The average Bonchev–Trinajstić information content (AvgIpc) is 2.98. The third-order valence-corrected chi connectivity index (χ3v) is 5.28. The van der Waals surface area contributed by atoms with Crippen LogP contribution in [0.15, 0.2) is 6.20 Å². The molecular formula is C16H24FN5O2. The first-order valence-electron chi connectivity index (χ1n) is 8.55. The van der Waals surface area contributed by atoms with Crippen LogP contribution in [-0.4, -0.2) is 80.1 Å². The maximum Gasteiger partial charge on any atom is 0.225 e. The number of aromatic nitrogens is 2. The van der Waals surface area contributed by atoms with Gasteiger partial charge in [-0.3, -0.25) is 0 Å². The predicted molar refractivity (Wildman–Crippen MR) is 87.8 cm³/mol. The zero-order chi connectivity index (χ0) is 16.7. The van der Waals surface area contributed by atoms with Gasteiger partial charge in [0.1, 0.15) is 0 Å². The summed E-state index contributed by atoms with van der Waals surface area (Å²) < 4.78 is 25.3. The molecule has 24 heavy (non-hydrogen) atoms. The summed E-state index contributed by atoms with van der Waals surface area (Å²) in [4.78, 5) is 12.7. The summed E-state index contributed by atoms with van der Waals surface area (Å²) in [6, 6.07) is 0.522. The number of hydrogen-bond acceptors (Lipinski definition) is 7. The standard InChI is InChI=1S/C16H24FN5O2/c1-21(2)13-12(10-3-6-24-14(10)13)19-16-18-9-11(17)15(20-16)22-4-7-23-8-5-22/h9-10,12-14H,3-8H2,1-2H3,(H,18,19,20)/t10-,12+,13-,14-/m1/s1. The fourth-order valence-corrected chi connectivity index (χ4v) is 4.06. The van der Waals surface area contributed by atoms with Crippen LogP contribution in [0.2, 0.25) is 0 Å². The number of nitrogens with zero attached hydrogens (tertiary/aromatic N) is 4. The highest BCUT2D eigenvalue weighted by molar-refractivity contribution is 5.45. The Bertz CT molecular complexity index is 596. The SMILES string of the molecule is CN(C)[C@@H]1[C@@H](Nc2ncc(F)c(N3CCOCC3)n2)[C@H]2CCO[C@H]21. The van der Waals surface area contributed by atoms with E-state index in [1.807, 2.05) is 4.90 Å².